The summed E-state index contributed by atoms with van der Waals surface area (Å²) in [4.78, 5) is 0. The van der Waals surface area contributed by atoms with Gasteiger partial charge in [0.15, 0.2) is 5.82 Å². The van der Waals surface area contributed by atoms with E-state index in [9.17, 15) is 0 Å². The smallest absolute Gasteiger partial charge is 0.210 e. The van der Waals surface area contributed by atoms with E-state index in [2.05, 4.69) is 15.4 Å². The lowest BCUT2D eigenvalue weighted by Crippen LogP contribution is -2.11. The number of methoxy groups -OCH3 is 1. The molecule has 2 aromatic carbocycles. The fraction of sp³-hybridized carbons (Fsp3) is 0.105. The first-order chi connectivity index (χ1) is 14.0. The number of nitrogens with zero attached hydrogens (tertiary/aromatic N) is 4. The highest BCUT2D eigenvalue weighted by Gasteiger charge is 2.16. The fourth-order valence-electron chi connectivity index (χ4n) is 2.64. The van der Waals surface area contributed by atoms with Crippen LogP contribution in [0.1, 0.15) is 5.76 Å². The molecule has 0 saturated heterocycles. The minimum atomic E-state index is 0.450. The Kier molecular flexibility index (Phi) is 5.66. The van der Waals surface area contributed by atoms with Gasteiger partial charge in [0.25, 0.3) is 0 Å². The number of aromatic nitrogens is 4. The molecule has 0 aliphatic carbocycles. The molecule has 0 aliphatic rings. The maximum atomic E-state index is 6.24. The van der Waals surface area contributed by atoms with Crippen LogP contribution >= 0.6 is 35.0 Å². The van der Waals surface area contributed by atoms with Crippen molar-refractivity contribution in [2.75, 3.05) is 13.0 Å². The average Bonchev–Trinajstić information content (AvgIpc) is 3.34. The third-order valence-electron chi connectivity index (χ3n) is 4.12. The zero-order valence-electron chi connectivity index (χ0n) is 15.2. The summed E-state index contributed by atoms with van der Waals surface area (Å²) in [5.41, 5.74) is 2.33. The number of nitrogens with two attached hydrogens (primary N) is 1. The summed E-state index contributed by atoms with van der Waals surface area (Å²) in [6, 6.07) is 14.6. The molecule has 0 spiro atoms. The van der Waals surface area contributed by atoms with Crippen LogP contribution in [0.25, 0.3) is 22.6 Å². The lowest BCUT2D eigenvalue weighted by Gasteiger charge is -2.05. The van der Waals surface area contributed by atoms with Crippen molar-refractivity contribution < 1.29 is 9.26 Å². The van der Waals surface area contributed by atoms with Crippen molar-refractivity contribution in [3.8, 4) is 28.4 Å². The molecule has 0 unspecified atom stereocenters. The van der Waals surface area contributed by atoms with Crippen LogP contribution in [0.15, 0.2) is 58.2 Å². The van der Waals surface area contributed by atoms with E-state index >= 15 is 0 Å². The Balaban J connectivity index is 1.47. The van der Waals surface area contributed by atoms with Crippen molar-refractivity contribution >= 4 is 35.0 Å². The SMILES string of the molecule is COc1ccc(-c2cc(CSc3nnc(-c4ccc(Cl)cc4Cl)n3N)on2)cc1. The van der Waals surface area contributed by atoms with E-state index < -0.39 is 0 Å². The van der Waals surface area contributed by atoms with Crippen LogP contribution in [0.3, 0.4) is 0 Å². The second-order valence-electron chi connectivity index (χ2n) is 6.00. The number of ether oxygens (including phenoxy) is 1. The molecule has 0 saturated carbocycles. The first kappa shape index (κ1) is 19.6. The second-order valence-corrected chi connectivity index (χ2v) is 7.78. The number of thioether (sulfide) groups is 1. The molecule has 0 amide bonds. The lowest BCUT2D eigenvalue weighted by atomic mass is 10.1. The Morgan fingerprint density at radius 3 is 2.62 bits per heavy atom. The molecule has 0 aliphatic heterocycles. The highest BCUT2D eigenvalue weighted by Crippen LogP contribution is 2.31. The number of nitrogen functional groups attached to an aromatic ring is 1. The van der Waals surface area contributed by atoms with Gasteiger partial charge in [0.05, 0.1) is 17.9 Å². The van der Waals surface area contributed by atoms with Crippen molar-refractivity contribution in [1.82, 2.24) is 20.0 Å². The molecule has 0 atom stereocenters. The van der Waals surface area contributed by atoms with Gasteiger partial charge >= 0.3 is 0 Å². The zero-order chi connectivity index (χ0) is 20.4. The van der Waals surface area contributed by atoms with Crippen LogP contribution in [0.2, 0.25) is 10.0 Å². The third kappa shape index (κ3) is 4.19. The molecular weight excluding hydrogens is 433 g/mol. The molecule has 4 aromatic rings. The molecule has 2 N–H and O–H groups in total. The minimum Gasteiger partial charge on any atom is -0.497 e. The Labute approximate surface area is 180 Å². The van der Waals surface area contributed by atoms with Gasteiger partial charge in [-0.25, -0.2) is 4.68 Å². The van der Waals surface area contributed by atoms with E-state index in [1.165, 1.54) is 16.4 Å². The molecule has 0 radical (unpaired) electrons. The molecular formula is C19H15Cl2N5O2S. The standard InChI is InChI=1S/C19H15Cl2N5O2S/c1-27-13-5-2-11(3-6-13)17-9-14(28-25-17)10-29-19-24-23-18(26(19)22)15-7-4-12(20)8-16(15)21/h2-9H,10,22H2,1H3. The highest BCUT2D eigenvalue weighted by molar-refractivity contribution is 7.98. The van der Waals surface area contributed by atoms with E-state index in [-0.39, 0.29) is 0 Å². The fourth-order valence-corrected chi connectivity index (χ4v) is 3.87. The molecule has 2 heterocycles. The second kappa shape index (κ2) is 8.36. The molecule has 7 nitrogen and oxygen atoms in total. The summed E-state index contributed by atoms with van der Waals surface area (Å²) in [7, 11) is 1.63. The molecule has 4 rings (SSSR count). The van der Waals surface area contributed by atoms with Gasteiger partial charge < -0.3 is 15.1 Å². The van der Waals surface area contributed by atoms with Crippen molar-refractivity contribution in [2.45, 2.75) is 10.9 Å². The van der Waals surface area contributed by atoms with E-state index in [0.29, 0.717) is 38.1 Å². The van der Waals surface area contributed by atoms with Crippen molar-refractivity contribution in [3.05, 3.63) is 64.3 Å². The Morgan fingerprint density at radius 1 is 1.10 bits per heavy atom. The Morgan fingerprint density at radius 2 is 1.90 bits per heavy atom. The van der Waals surface area contributed by atoms with Gasteiger partial charge in [0.2, 0.25) is 5.16 Å². The maximum Gasteiger partial charge on any atom is 0.210 e. The number of rotatable bonds is 6. The van der Waals surface area contributed by atoms with Crippen LogP contribution in [-0.4, -0.2) is 27.1 Å². The predicted octanol–water partition coefficient (Wildman–Crippen LogP) is 4.92. The molecule has 10 heteroatoms. The lowest BCUT2D eigenvalue weighted by molar-refractivity contribution is 0.397. The summed E-state index contributed by atoms with van der Waals surface area (Å²) in [6.45, 7) is 0. The van der Waals surface area contributed by atoms with Crippen LogP contribution in [0.4, 0.5) is 0 Å². The number of hydrogen-bond donors (Lipinski definition) is 1. The number of hydrogen-bond acceptors (Lipinski definition) is 7. The van der Waals surface area contributed by atoms with Crippen LogP contribution in [0, 0.1) is 0 Å². The largest absolute Gasteiger partial charge is 0.497 e. The first-order valence-corrected chi connectivity index (χ1v) is 10.2. The van der Waals surface area contributed by atoms with E-state index in [1.807, 2.05) is 30.3 Å². The van der Waals surface area contributed by atoms with Crippen molar-refractivity contribution in [2.24, 2.45) is 0 Å². The van der Waals surface area contributed by atoms with E-state index in [4.69, 9.17) is 38.3 Å². The summed E-state index contributed by atoms with van der Waals surface area (Å²) >= 11 is 13.6. The topological polar surface area (TPSA) is 92.0 Å². The van der Waals surface area contributed by atoms with Crippen LogP contribution in [-0.2, 0) is 5.75 Å². The summed E-state index contributed by atoms with van der Waals surface area (Å²) < 4.78 is 12.0. The first-order valence-electron chi connectivity index (χ1n) is 8.44. The van der Waals surface area contributed by atoms with Crippen molar-refractivity contribution in [3.63, 3.8) is 0 Å². The van der Waals surface area contributed by atoms with Crippen LogP contribution in [0.5, 0.6) is 5.75 Å². The van der Waals surface area contributed by atoms with E-state index in [1.54, 1.807) is 25.3 Å². The average molecular weight is 448 g/mol. The monoisotopic (exact) mass is 447 g/mol. The zero-order valence-corrected chi connectivity index (χ0v) is 17.5. The predicted molar refractivity (Wildman–Crippen MR) is 114 cm³/mol. The Hall–Kier alpha value is -2.68. The summed E-state index contributed by atoms with van der Waals surface area (Å²) in [6.07, 6.45) is 0. The number of benzene rings is 2. The van der Waals surface area contributed by atoms with E-state index in [0.717, 1.165) is 17.0 Å². The molecule has 148 valence electrons. The molecule has 2 aromatic heterocycles. The van der Waals surface area contributed by atoms with Gasteiger partial charge in [-0.2, -0.15) is 0 Å². The molecule has 29 heavy (non-hydrogen) atoms. The van der Waals surface area contributed by atoms with Gasteiger partial charge in [-0.3, -0.25) is 0 Å². The normalized spacial score (nSPS) is 11.0. The summed E-state index contributed by atoms with van der Waals surface area (Å²) in [5, 5.41) is 13.9. The highest BCUT2D eigenvalue weighted by atomic mass is 35.5. The minimum absolute atomic E-state index is 0.450. The third-order valence-corrected chi connectivity index (χ3v) is 5.64. The molecule has 0 bridgehead atoms. The maximum absolute atomic E-state index is 6.24. The van der Waals surface area contributed by atoms with Gasteiger partial charge in [-0.05, 0) is 42.5 Å². The quantitative estimate of drug-likeness (QED) is 0.331. The Bertz CT molecular complexity index is 1140. The van der Waals surface area contributed by atoms with Gasteiger partial charge in [0.1, 0.15) is 17.2 Å². The van der Waals surface area contributed by atoms with Gasteiger partial charge in [0, 0.05) is 22.2 Å². The molecule has 0 fully saturated rings. The van der Waals surface area contributed by atoms with Crippen molar-refractivity contribution in [1.29, 1.82) is 0 Å². The summed E-state index contributed by atoms with van der Waals surface area (Å²) in [5.74, 6) is 8.57. The van der Waals surface area contributed by atoms with Crippen LogP contribution < -0.4 is 10.6 Å². The van der Waals surface area contributed by atoms with Gasteiger partial charge in [-0.15, -0.1) is 10.2 Å². The number of halogens is 2. The van der Waals surface area contributed by atoms with Gasteiger partial charge in [-0.1, -0.05) is 40.1 Å².